The van der Waals surface area contributed by atoms with Crippen molar-refractivity contribution in [2.24, 2.45) is 17.8 Å². The van der Waals surface area contributed by atoms with Gasteiger partial charge in [-0.15, -0.1) is 0 Å². The zero-order valence-corrected chi connectivity index (χ0v) is 10.4. The van der Waals surface area contributed by atoms with Gasteiger partial charge in [0.25, 0.3) is 0 Å². The van der Waals surface area contributed by atoms with E-state index in [-0.39, 0.29) is 0 Å². The summed E-state index contributed by atoms with van der Waals surface area (Å²) in [5, 5.41) is 0. The second-order valence-electron chi connectivity index (χ2n) is 4.99. The highest BCUT2D eigenvalue weighted by Crippen LogP contribution is 2.24. The monoisotopic (exact) mass is 212 g/mol. The molecule has 2 unspecified atom stereocenters. The second kappa shape index (κ2) is 6.29. The van der Waals surface area contributed by atoms with Crippen LogP contribution in [-0.2, 0) is 9.47 Å². The number of hydrogen-bond donors (Lipinski definition) is 0. The summed E-state index contributed by atoms with van der Waals surface area (Å²) in [5.74, 6) is 1.82. The highest BCUT2D eigenvalue weighted by Gasteiger charge is 2.30. The van der Waals surface area contributed by atoms with Gasteiger partial charge in [0, 0.05) is 5.92 Å². The Morgan fingerprint density at radius 3 is 2.60 bits per heavy atom. The molecule has 0 aromatic rings. The van der Waals surface area contributed by atoms with Gasteiger partial charge < -0.3 is 9.47 Å². The minimum Gasteiger partial charge on any atom is -0.378 e. The molecule has 1 aliphatic heterocycles. The Morgan fingerprint density at radius 1 is 1.27 bits per heavy atom. The van der Waals surface area contributed by atoms with Gasteiger partial charge in [-0.25, -0.2) is 0 Å². The van der Waals surface area contributed by atoms with Crippen LogP contribution in [0.4, 0.5) is 0 Å². The maximum absolute atomic E-state index is 5.82. The van der Waals surface area contributed by atoms with E-state index in [9.17, 15) is 0 Å². The van der Waals surface area contributed by atoms with E-state index < -0.39 is 0 Å². The summed E-state index contributed by atoms with van der Waals surface area (Å²) in [4.78, 5) is 0. The van der Waals surface area contributed by atoms with Crippen molar-refractivity contribution in [3.8, 4) is 0 Å². The molecule has 0 spiro atoms. The number of rotatable bonds is 5. The van der Waals surface area contributed by atoms with Crippen molar-refractivity contribution in [2.45, 2.75) is 33.8 Å². The molecule has 0 aliphatic carbocycles. The van der Waals surface area contributed by atoms with Gasteiger partial charge in [0.05, 0.1) is 25.9 Å². The van der Waals surface area contributed by atoms with E-state index in [1.165, 1.54) is 0 Å². The van der Waals surface area contributed by atoms with Crippen LogP contribution in [0.25, 0.3) is 0 Å². The van der Waals surface area contributed by atoms with Gasteiger partial charge in [0.1, 0.15) is 0 Å². The summed E-state index contributed by atoms with van der Waals surface area (Å²) < 4.78 is 11.3. The van der Waals surface area contributed by atoms with Crippen molar-refractivity contribution in [3.05, 3.63) is 12.2 Å². The summed E-state index contributed by atoms with van der Waals surface area (Å²) in [5.41, 5.74) is 0. The van der Waals surface area contributed by atoms with Gasteiger partial charge in [-0.05, 0) is 11.8 Å². The Hall–Kier alpha value is -0.340. The van der Waals surface area contributed by atoms with E-state index >= 15 is 0 Å². The fourth-order valence-corrected chi connectivity index (χ4v) is 1.85. The predicted molar refractivity (Wildman–Crippen MR) is 62.9 cm³/mol. The smallest absolute Gasteiger partial charge is 0.0865 e. The third-order valence-electron chi connectivity index (χ3n) is 2.85. The van der Waals surface area contributed by atoms with Crippen LogP contribution in [0.3, 0.4) is 0 Å². The quantitative estimate of drug-likeness (QED) is 0.652. The molecule has 0 amide bonds. The van der Waals surface area contributed by atoms with Crippen molar-refractivity contribution in [1.82, 2.24) is 0 Å². The van der Waals surface area contributed by atoms with E-state index in [4.69, 9.17) is 9.47 Å². The Morgan fingerprint density at radius 2 is 2.00 bits per heavy atom. The predicted octanol–water partition coefficient (Wildman–Crippen LogP) is 2.89. The van der Waals surface area contributed by atoms with E-state index in [2.05, 4.69) is 39.8 Å². The molecule has 1 aliphatic rings. The average molecular weight is 212 g/mol. The molecule has 0 bridgehead atoms. The first-order valence-corrected chi connectivity index (χ1v) is 5.97. The second-order valence-corrected chi connectivity index (χ2v) is 4.99. The number of hydrogen-bond acceptors (Lipinski definition) is 2. The zero-order chi connectivity index (χ0) is 11.3. The van der Waals surface area contributed by atoms with Crippen LogP contribution in [-0.4, -0.2) is 25.9 Å². The molecule has 1 rings (SSSR count). The lowest BCUT2D eigenvalue weighted by Crippen LogP contribution is -2.26. The van der Waals surface area contributed by atoms with Gasteiger partial charge in [0.2, 0.25) is 0 Å². The minimum absolute atomic E-state index is 0.293. The topological polar surface area (TPSA) is 18.5 Å². The van der Waals surface area contributed by atoms with Crippen LogP contribution in [0.15, 0.2) is 12.2 Å². The third-order valence-corrected chi connectivity index (χ3v) is 2.85. The summed E-state index contributed by atoms with van der Waals surface area (Å²) >= 11 is 0. The first-order chi connectivity index (χ1) is 7.11. The van der Waals surface area contributed by atoms with Crippen LogP contribution < -0.4 is 0 Å². The van der Waals surface area contributed by atoms with Crippen molar-refractivity contribution in [1.29, 1.82) is 0 Å². The molecular weight excluding hydrogens is 188 g/mol. The van der Waals surface area contributed by atoms with Crippen molar-refractivity contribution in [3.63, 3.8) is 0 Å². The Kier molecular flexibility index (Phi) is 5.34. The highest BCUT2D eigenvalue weighted by molar-refractivity contribution is 4.86. The molecule has 88 valence electrons. The van der Waals surface area contributed by atoms with Gasteiger partial charge in [0.15, 0.2) is 0 Å². The molecule has 0 N–H and O–H groups in total. The maximum Gasteiger partial charge on any atom is 0.0865 e. The average Bonchev–Trinajstić information content (AvgIpc) is 2.60. The molecule has 1 fully saturated rings. The molecule has 15 heavy (non-hydrogen) atoms. The number of allylic oxidation sites excluding steroid dienone is 1. The van der Waals surface area contributed by atoms with Crippen LogP contribution in [0.5, 0.6) is 0 Å². The molecule has 1 saturated heterocycles. The normalized spacial score (nSPS) is 27.3. The molecule has 2 heteroatoms. The van der Waals surface area contributed by atoms with Gasteiger partial charge >= 0.3 is 0 Å². The van der Waals surface area contributed by atoms with E-state index in [0.29, 0.717) is 23.9 Å². The van der Waals surface area contributed by atoms with Gasteiger partial charge in [-0.1, -0.05) is 39.8 Å². The lowest BCUT2D eigenvalue weighted by Gasteiger charge is -2.20. The summed E-state index contributed by atoms with van der Waals surface area (Å²) in [7, 11) is 0. The molecule has 1 heterocycles. The Bertz CT molecular complexity index is 197. The van der Waals surface area contributed by atoms with E-state index in [0.717, 1.165) is 19.8 Å². The lowest BCUT2D eigenvalue weighted by atomic mass is 9.93. The fourth-order valence-electron chi connectivity index (χ4n) is 1.85. The SMILES string of the molecule is CC(C)/C=C/COC1COCC1C(C)C. The molecule has 2 atom stereocenters. The van der Waals surface area contributed by atoms with Crippen molar-refractivity contribution < 1.29 is 9.47 Å². The van der Waals surface area contributed by atoms with Crippen molar-refractivity contribution >= 4 is 0 Å². The summed E-state index contributed by atoms with van der Waals surface area (Å²) in [6.07, 6.45) is 4.59. The first-order valence-electron chi connectivity index (χ1n) is 5.97. The molecule has 0 aromatic heterocycles. The Labute approximate surface area is 93.7 Å². The van der Waals surface area contributed by atoms with Crippen LogP contribution in [0.1, 0.15) is 27.7 Å². The fraction of sp³-hybridized carbons (Fsp3) is 0.846. The molecular formula is C13H24O2. The maximum atomic E-state index is 5.82. The molecule has 0 aromatic carbocycles. The molecule has 0 radical (unpaired) electrons. The molecule has 0 saturated carbocycles. The van der Waals surface area contributed by atoms with Crippen LogP contribution in [0, 0.1) is 17.8 Å². The molecule has 2 nitrogen and oxygen atoms in total. The lowest BCUT2D eigenvalue weighted by molar-refractivity contribution is 0.0340. The number of ether oxygens (including phenoxy) is 2. The van der Waals surface area contributed by atoms with E-state index in [1.54, 1.807) is 0 Å². The largest absolute Gasteiger partial charge is 0.378 e. The zero-order valence-electron chi connectivity index (χ0n) is 10.4. The van der Waals surface area contributed by atoms with Crippen molar-refractivity contribution in [2.75, 3.05) is 19.8 Å². The standard InChI is InChI=1S/C13H24O2/c1-10(2)6-5-7-15-13-9-14-8-12(13)11(3)4/h5-6,10-13H,7-9H2,1-4H3/b6-5+. The van der Waals surface area contributed by atoms with Crippen LogP contribution >= 0.6 is 0 Å². The summed E-state index contributed by atoms with van der Waals surface area (Å²) in [6, 6.07) is 0. The first kappa shape index (κ1) is 12.7. The van der Waals surface area contributed by atoms with Crippen LogP contribution in [0.2, 0.25) is 0 Å². The van der Waals surface area contributed by atoms with Gasteiger partial charge in [-0.3, -0.25) is 0 Å². The summed E-state index contributed by atoms with van der Waals surface area (Å²) in [6.45, 7) is 11.2. The van der Waals surface area contributed by atoms with Gasteiger partial charge in [-0.2, -0.15) is 0 Å². The minimum atomic E-state index is 0.293. The highest BCUT2D eigenvalue weighted by atomic mass is 16.5. The third kappa shape index (κ3) is 4.35. The van der Waals surface area contributed by atoms with E-state index in [1.807, 2.05) is 0 Å². The Balaban J connectivity index is 2.26.